The summed E-state index contributed by atoms with van der Waals surface area (Å²) in [4.78, 5) is 0. The molecule has 0 bridgehead atoms. The molecule has 2 atom stereocenters. The second-order valence-electron chi connectivity index (χ2n) is 7.89. The fourth-order valence-electron chi connectivity index (χ4n) is 3.54. The molecule has 0 saturated carbocycles. The quantitative estimate of drug-likeness (QED) is 0.674. The molecule has 1 aliphatic heterocycles. The van der Waals surface area contributed by atoms with Gasteiger partial charge < -0.3 is 0 Å². The van der Waals surface area contributed by atoms with E-state index in [1.165, 1.54) is 4.31 Å². The minimum absolute atomic E-state index is 0.0645. The Bertz CT molecular complexity index is 828. The SMILES string of the molecule is CC(C)NS(=O)(=O)Cc1ccccc1CNS(=O)(=O)N1C[C@H](C)C[C@H](C)C1. The molecule has 1 aromatic rings. The number of nitrogens with zero attached hydrogens (tertiary/aromatic N) is 1. The molecule has 27 heavy (non-hydrogen) atoms. The molecule has 154 valence electrons. The van der Waals surface area contributed by atoms with Crippen LogP contribution in [-0.4, -0.2) is 40.3 Å². The molecule has 0 amide bonds. The summed E-state index contributed by atoms with van der Waals surface area (Å²) < 4.78 is 56.5. The molecule has 2 rings (SSSR count). The van der Waals surface area contributed by atoms with Crippen molar-refractivity contribution in [3.63, 3.8) is 0 Å². The van der Waals surface area contributed by atoms with Gasteiger partial charge in [-0.05, 0) is 43.2 Å². The van der Waals surface area contributed by atoms with Crippen LogP contribution < -0.4 is 9.44 Å². The molecule has 0 radical (unpaired) electrons. The van der Waals surface area contributed by atoms with Crippen LogP contribution in [0.4, 0.5) is 0 Å². The van der Waals surface area contributed by atoms with Crippen LogP contribution in [0.15, 0.2) is 24.3 Å². The number of hydrogen-bond donors (Lipinski definition) is 2. The fourth-order valence-corrected chi connectivity index (χ4v) is 6.45. The Morgan fingerprint density at radius 1 is 1.04 bits per heavy atom. The lowest BCUT2D eigenvalue weighted by Crippen LogP contribution is -2.47. The molecular weight excluding hydrogens is 386 g/mol. The van der Waals surface area contributed by atoms with E-state index in [2.05, 4.69) is 23.3 Å². The summed E-state index contributed by atoms with van der Waals surface area (Å²) in [6.07, 6.45) is 1.02. The third-order valence-corrected chi connectivity index (χ3v) is 7.51. The molecule has 1 saturated heterocycles. The highest BCUT2D eigenvalue weighted by molar-refractivity contribution is 7.88. The summed E-state index contributed by atoms with van der Waals surface area (Å²) in [5.74, 6) is 0.468. The first-order chi connectivity index (χ1) is 12.5. The van der Waals surface area contributed by atoms with Gasteiger partial charge in [-0.1, -0.05) is 38.1 Å². The van der Waals surface area contributed by atoms with Gasteiger partial charge >= 0.3 is 0 Å². The molecule has 7 nitrogen and oxygen atoms in total. The van der Waals surface area contributed by atoms with Crippen molar-refractivity contribution in [1.29, 1.82) is 0 Å². The molecule has 0 aromatic heterocycles. The minimum Gasteiger partial charge on any atom is -0.212 e. The van der Waals surface area contributed by atoms with E-state index in [4.69, 9.17) is 0 Å². The lowest BCUT2D eigenvalue weighted by atomic mass is 9.94. The van der Waals surface area contributed by atoms with Crippen LogP contribution in [0.1, 0.15) is 45.2 Å². The first kappa shape index (κ1) is 22.3. The average Bonchev–Trinajstić information content (AvgIpc) is 2.51. The highest BCUT2D eigenvalue weighted by Gasteiger charge is 2.30. The van der Waals surface area contributed by atoms with Crippen LogP contribution in [0.2, 0.25) is 0 Å². The number of rotatable bonds is 8. The summed E-state index contributed by atoms with van der Waals surface area (Å²) in [5, 5.41) is 0. The molecule has 0 unspecified atom stereocenters. The Morgan fingerprint density at radius 2 is 1.59 bits per heavy atom. The number of hydrogen-bond acceptors (Lipinski definition) is 4. The molecule has 1 aliphatic rings. The van der Waals surface area contributed by atoms with Gasteiger partial charge in [0.2, 0.25) is 10.0 Å². The van der Waals surface area contributed by atoms with Crippen molar-refractivity contribution in [1.82, 2.24) is 13.7 Å². The first-order valence-electron chi connectivity index (χ1n) is 9.30. The van der Waals surface area contributed by atoms with Gasteiger partial charge in [-0.15, -0.1) is 0 Å². The van der Waals surface area contributed by atoms with Crippen LogP contribution in [-0.2, 0) is 32.5 Å². The van der Waals surface area contributed by atoms with Gasteiger partial charge in [0.25, 0.3) is 10.2 Å². The second-order valence-corrected chi connectivity index (χ2v) is 11.4. The van der Waals surface area contributed by atoms with E-state index in [0.29, 0.717) is 36.1 Å². The maximum absolute atomic E-state index is 12.7. The number of piperidine rings is 1. The van der Waals surface area contributed by atoms with E-state index < -0.39 is 20.2 Å². The number of sulfonamides is 1. The Kier molecular flexibility index (Phi) is 7.43. The van der Waals surface area contributed by atoms with Gasteiger partial charge in [0.15, 0.2) is 0 Å². The molecule has 1 fully saturated rings. The standard InChI is InChI=1S/C18H31N3O4S2/c1-14(2)20-26(22,23)13-18-8-6-5-7-17(18)10-19-27(24,25)21-11-15(3)9-16(4)12-21/h5-8,14-16,19-20H,9-13H2,1-4H3/t15-,16+. The first-order valence-corrected chi connectivity index (χ1v) is 12.4. The molecule has 0 aliphatic carbocycles. The van der Waals surface area contributed by atoms with Crippen molar-refractivity contribution in [3.8, 4) is 0 Å². The molecular formula is C18H31N3O4S2. The lowest BCUT2D eigenvalue weighted by molar-refractivity contribution is 0.220. The summed E-state index contributed by atoms with van der Waals surface area (Å²) in [7, 11) is -7.09. The molecule has 0 spiro atoms. The fraction of sp³-hybridized carbons (Fsp3) is 0.667. The highest BCUT2D eigenvalue weighted by atomic mass is 32.2. The zero-order chi connectivity index (χ0) is 20.2. The van der Waals surface area contributed by atoms with Crippen LogP contribution >= 0.6 is 0 Å². The van der Waals surface area contributed by atoms with Gasteiger partial charge in [-0.2, -0.15) is 17.4 Å². The maximum atomic E-state index is 12.7. The molecule has 1 heterocycles. The largest absolute Gasteiger partial charge is 0.279 e. The third kappa shape index (κ3) is 6.83. The Balaban J connectivity index is 2.10. The van der Waals surface area contributed by atoms with Gasteiger partial charge in [0.1, 0.15) is 0 Å². The van der Waals surface area contributed by atoms with Crippen molar-refractivity contribution >= 4 is 20.2 Å². The van der Waals surface area contributed by atoms with E-state index in [1.54, 1.807) is 38.1 Å². The molecule has 9 heteroatoms. The van der Waals surface area contributed by atoms with Crippen molar-refractivity contribution in [2.45, 2.75) is 52.5 Å². The lowest BCUT2D eigenvalue weighted by Gasteiger charge is -2.34. The predicted octanol–water partition coefficient (Wildman–Crippen LogP) is 1.83. The topological polar surface area (TPSA) is 95.6 Å². The zero-order valence-corrected chi connectivity index (χ0v) is 18.1. The zero-order valence-electron chi connectivity index (χ0n) is 16.5. The minimum atomic E-state index is -3.61. The Morgan fingerprint density at radius 3 is 2.15 bits per heavy atom. The summed E-state index contributed by atoms with van der Waals surface area (Å²) >= 11 is 0. The van der Waals surface area contributed by atoms with Gasteiger partial charge in [0.05, 0.1) is 5.75 Å². The Hall–Kier alpha value is -1.00. The second kappa shape index (κ2) is 9.00. The third-order valence-electron chi connectivity index (χ3n) is 4.50. The van der Waals surface area contributed by atoms with Gasteiger partial charge in [-0.25, -0.2) is 13.1 Å². The van der Waals surface area contributed by atoms with Crippen molar-refractivity contribution in [3.05, 3.63) is 35.4 Å². The van der Waals surface area contributed by atoms with E-state index in [9.17, 15) is 16.8 Å². The van der Waals surface area contributed by atoms with E-state index in [0.717, 1.165) is 6.42 Å². The smallest absolute Gasteiger partial charge is 0.212 e. The average molecular weight is 418 g/mol. The van der Waals surface area contributed by atoms with Crippen LogP contribution in [0.5, 0.6) is 0 Å². The maximum Gasteiger partial charge on any atom is 0.279 e. The summed E-state index contributed by atoms with van der Waals surface area (Å²) in [5.41, 5.74) is 1.25. The van der Waals surface area contributed by atoms with E-state index in [1.807, 2.05) is 0 Å². The normalized spacial score (nSPS) is 22.3. The van der Waals surface area contributed by atoms with Crippen LogP contribution in [0, 0.1) is 11.8 Å². The summed E-state index contributed by atoms with van der Waals surface area (Å²) in [6, 6.07) is 6.81. The monoisotopic (exact) mass is 417 g/mol. The van der Waals surface area contributed by atoms with Crippen LogP contribution in [0.3, 0.4) is 0 Å². The predicted molar refractivity (Wildman–Crippen MR) is 108 cm³/mol. The van der Waals surface area contributed by atoms with Crippen molar-refractivity contribution < 1.29 is 16.8 Å². The molecule has 2 N–H and O–H groups in total. The van der Waals surface area contributed by atoms with E-state index >= 15 is 0 Å². The highest BCUT2D eigenvalue weighted by Crippen LogP contribution is 2.23. The van der Waals surface area contributed by atoms with E-state index in [-0.39, 0.29) is 18.3 Å². The number of nitrogens with one attached hydrogen (secondary N) is 2. The van der Waals surface area contributed by atoms with Crippen molar-refractivity contribution in [2.24, 2.45) is 11.8 Å². The Labute approximate surface area is 163 Å². The van der Waals surface area contributed by atoms with Gasteiger partial charge in [-0.3, -0.25) is 0 Å². The van der Waals surface area contributed by atoms with Crippen molar-refractivity contribution in [2.75, 3.05) is 13.1 Å². The van der Waals surface area contributed by atoms with Gasteiger partial charge in [0, 0.05) is 25.7 Å². The van der Waals surface area contributed by atoms with Crippen LogP contribution in [0.25, 0.3) is 0 Å². The summed E-state index contributed by atoms with van der Waals surface area (Å²) in [6.45, 7) is 8.72. The molecule has 1 aromatic carbocycles. The number of benzene rings is 1.